The number of anilines is 3. The second-order valence-electron chi connectivity index (χ2n) is 7.96. The second kappa shape index (κ2) is 9.86. The van der Waals surface area contributed by atoms with Gasteiger partial charge in [0.2, 0.25) is 5.95 Å². The van der Waals surface area contributed by atoms with Gasteiger partial charge in [0.25, 0.3) is 0 Å². The molecule has 10 heteroatoms. The number of hydrogen-bond acceptors (Lipinski definition) is 5. The van der Waals surface area contributed by atoms with E-state index in [1.165, 1.54) is 47.5 Å². The minimum atomic E-state index is -1.06. The Morgan fingerprint density at radius 1 is 1.09 bits per heavy atom. The number of benzene rings is 2. The first kappa shape index (κ1) is 24.0. The highest BCUT2D eigenvalue weighted by atomic mass is 19.1. The molecule has 1 aromatic heterocycles. The van der Waals surface area contributed by atoms with E-state index in [0.29, 0.717) is 5.69 Å². The van der Waals surface area contributed by atoms with Crippen molar-refractivity contribution in [2.75, 3.05) is 10.2 Å². The van der Waals surface area contributed by atoms with Gasteiger partial charge in [-0.25, -0.2) is 27.8 Å². The van der Waals surface area contributed by atoms with Crippen molar-refractivity contribution >= 4 is 23.5 Å². The predicted molar refractivity (Wildman–Crippen MR) is 119 cm³/mol. The SMILES string of the molecule is CC(Nc1nccc(N(C(=O)NCc2ccc(F)cc2F)c2ccc(F)cc2)n1)C(C)(C)O. The maximum Gasteiger partial charge on any atom is 0.327 e. The number of carbonyl (C=O) groups is 1. The van der Waals surface area contributed by atoms with Gasteiger partial charge >= 0.3 is 6.03 Å². The molecular weight excluding hydrogens is 435 g/mol. The molecule has 1 unspecified atom stereocenters. The Labute approximate surface area is 189 Å². The Bertz CT molecular complexity index is 1120. The number of nitrogens with zero attached hydrogens (tertiary/aromatic N) is 3. The van der Waals surface area contributed by atoms with Crippen LogP contribution in [0.5, 0.6) is 0 Å². The van der Waals surface area contributed by atoms with E-state index in [1.54, 1.807) is 20.8 Å². The van der Waals surface area contributed by atoms with Crippen LogP contribution in [-0.4, -0.2) is 32.7 Å². The molecule has 0 aliphatic heterocycles. The highest BCUT2D eigenvalue weighted by Crippen LogP contribution is 2.25. The molecule has 3 N–H and O–H groups in total. The maximum absolute atomic E-state index is 14.0. The molecule has 1 atom stereocenters. The number of amides is 2. The first-order valence-corrected chi connectivity index (χ1v) is 10.1. The normalized spacial score (nSPS) is 12.2. The van der Waals surface area contributed by atoms with Crippen molar-refractivity contribution in [1.82, 2.24) is 15.3 Å². The average Bonchev–Trinajstić information content (AvgIpc) is 2.74. The Morgan fingerprint density at radius 3 is 2.39 bits per heavy atom. The topological polar surface area (TPSA) is 90.4 Å². The van der Waals surface area contributed by atoms with Crippen LogP contribution in [0.25, 0.3) is 0 Å². The number of halogens is 3. The maximum atomic E-state index is 14.0. The van der Waals surface area contributed by atoms with Gasteiger partial charge in [0.1, 0.15) is 23.3 Å². The first-order chi connectivity index (χ1) is 15.5. The molecule has 33 heavy (non-hydrogen) atoms. The van der Waals surface area contributed by atoms with Crippen molar-refractivity contribution in [3.63, 3.8) is 0 Å². The van der Waals surface area contributed by atoms with Gasteiger partial charge in [-0.1, -0.05) is 6.07 Å². The van der Waals surface area contributed by atoms with Crippen LogP contribution in [0.4, 0.5) is 35.4 Å². The molecule has 0 fully saturated rings. The molecule has 2 aromatic carbocycles. The molecule has 0 aliphatic carbocycles. The third-order valence-corrected chi connectivity index (χ3v) is 5.01. The van der Waals surface area contributed by atoms with Crippen molar-refractivity contribution in [2.45, 2.75) is 39.0 Å². The summed E-state index contributed by atoms with van der Waals surface area (Å²) in [7, 11) is 0. The van der Waals surface area contributed by atoms with E-state index in [1.807, 2.05) is 0 Å². The van der Waals surface area contributed by atoms with Gasteiger partial charge in [-0.05, 0) is 51.1 Å². The summed E-state index contributed by atoms with van der Waals surface area (Å²) in [6.45, 7) is 4.79. The van der Waals surface area contributed by atoms with E-state index in [0.717, 1.165) is 12.1 Å². The van der Waals surface area contributed by atoms with Gasteiger partial charge < -0.3 is 15.7 Å². The van der Waals surface area contributed by atoms with Crippen LogP contribution >= 0.6 is 0 Å². The number of rotatable bonds is 7. The van der Waals surface area contributed by atoms with Crippen molar-refractivity contribution < 1.29 is 23.1 Å². The molecule has 0 spiro atoms. The summed E-state index contributed by atoms with van der Waals surface area (Å²) in [5.41, 5.74) is -0.673. The fourth-order valence-corrected chi connectivity index (χ4v) is 2.77. The van der Waals surface area contributed by atoms with Crippen molar-refractivity contribution in [3.8, 4) is 0 Å². The van der Waals surface area contributed by atoms with E-state index in [9.17, 15) is 23.1 Å². The number of aliphatic hydroxyl groups is 1. The van der Waals surface area contributed by atoms with Crippen LogP contribution in [0.3, 0.4) is 0 Å². The van der Waals surface area contributed by atoms with Gasteiger partial charge in [0.05, 0.1) is 17.3 Å². The van der Waals surface area contributed by atoms with E-state index in [2.05, 4.69) is 20.6 Å². The zero-order valence-electron chi connectivity index (χ0n) is 18.3. The second-order valence-corrected chi connectivity index (χ2v) is 7.96. The summed E-state index contributed by atoms with van der Waals surface area (Å²) in [5.74, 6) is -1.70. The molecule has 174 valence electrons. The zero-order valence-corrected chi connectivity index (χ0v) is 18.3. The number of hydrogen-bond donors (Lipinski definition) is 3. The lowest BCUT2D eigenvalue weighted by atomic mass is 10.0. The summed E-state index contributed by atoms with van der Waals surface area (Å²) in [6.07, 6.45) is 1.42. The van der Waals surface area contributed by atoms with E-state index in [-0.39, 0.29) is 23.9 Å². The summed E-state index contributed by atoms with van der Waals surface area (Å²) in [5, 5.41) is 15.7. The summed E-state index contributed by atoms with van der Waals surface area (Å²) >= 11 is 0. The summed E-state index contributed by atoms with van der Waals surface area (Å²) in [6, 6.07) is 8.59. The molecule has 2 amide bonds. The summed E-state index contributed by atoms with van der Waals surface area (Å²) < 4.78 is 40.6. The molecule has 3 aromatic rings. The molecule has 3 rings (SSSR count). The molecule has 0 aliphatic rings. The number of urea groups is 1. The fourth-order valence-electron chi connectivity index (χ4n) is 2.77. The number of nitrogens with one attached hydrogen (secondary N) is 2. The number of carbonyl (C=O) groups excluding carboxylic acids is 1. The molecule has 1 heterocycles. The van der Waals surface area contributed by atoms with Gasteiger partial charge in [-0.2, -0.15) is 4.98 Å². The number of aromatic nitrogens is 2. The smallest absolute Gasteiger partial charge is 0.327 e. The van der Waals surface area contributed by atoms with Crippen molar-refractivity contribution in [2.24, 2.45) is 0 Å². The van der Waals surface area contributed by atoms with Crippen molar-refractivity contribution in [1.29, 1.82) is 0 Å². The van der Waals surface area contributed by atoms with Crippen LogP contribution in [-0.2, 0) is 6.54 Å². The first-order valence-electron chi connectivity index (χ1n) is 10.1. The average molecular weight is 459 g/mol. The van der Waals surface area contributed by atoms with Crippen LogP contribution < -0.4 is 15.5 Å². The lowest BCUT2D eigenvalue weighted by Crippen LogP contribution is -2.40. The van der Waals surface area contributed by atoms with Gasteiger partial charge in [-0.3, -0.25) is 0 Å². The third-order valence-electron chi connectivity index (χ3n) is 5.01. The Balaban J connectivity index is 1.89. The lowest BCUT2D eigenvalue weighted by Gasteiger charge is -2.27. The molecule has 0 saturated heterocycles. The molecule has 0 bridgehead atoms. The van der Waals surface area contributed by atoms with Crippen LogP contribution in [0.15, 0.2) is 54.7 Å². The predicted octanol–water partition coefficient (Wildman–Crippen LogP) is 4.51. The zero-order chi connectivity index (χ0) is 24.2. The Hall–Kier alpha value is -3.66. The molecular formula is C23H24F3N5O2. The van der Waals surface area contributed by atoms with E-state index < -0.39 is 35.1 Å². The van der Waals surface area contributed by atoms with Gasteiger partial charge in [-0.15, -0.1) is 0 Å². The highest BCUT2D eigenvalue weighted by Gasteiger charge is 2.24. The van der Waals surface area contributed by atoms with E-state index in [4.69, 9.17) is 0 Å². The Kier molecular flexibility index (Phi) is 7.17. The quantitative estimate of drug-likeness (QED) is 0.484. The molecule has 7 nitrogen and oxygen atoms in total. The minimum Gasteiger partial charge on any atom is -0.388 e. The van der Waals surface area contributed by atoms with Crippen LogP contribution in [0.1, 0.15) is 26.3 Å². The largest absolute Gasteiger partial charge is 0.388 e. The molecule has 0 radical (unpaired) electrons. The molecule has 0 saturated carbocycles. The van der Waals surface area contributed by atoms with E-state index >= 15 is 0 Å². The highest BCUT2D eigenvalue weighted by molar-refractivity contribution is 5.98. The van der Waals surface area contributed by atoms with Crippen LogP contribution in [0, 0.1) is 17.5 Å². The lowest BCUT2D eigenvalue weighted by molar-refractivity contribution is 0.0646. The summed E-state index contributed by atoms with van der Waals surface area (Å²) in [4.78, 5) is 22.7. The fraction of sp³-hybridized carbons (Fsp3) is 0.261. The van der Waals surface area contributed by atoms with Gasteiger partial charge in [0, 0.05) is 30.4 Å². The minimum absolute atomic E-state index is 0.0906. The van der Waals surface area contributed by atoms with Crippen molar-refractivity contribution in [3.05, 3.63) is 77.7 Å². The van der Waals surface area contributed by atoms with Gasteiger partial charge in [0.15, 0.2) is 0 Å². The Morgan fingerprint density at radius 2 is 1.76 bits per heavy atom. The van der Waals surface area contributed by atoms with Crippen LogP contribution in [0.2, 0.25) is 0 Å². The third kappa shape index (κ3) is 6.19. The standard InChI is InChI=1S/C23H24F3N5O2/c1-14(23(2,3)33)29-21-27-11-10-20(30-21)31(18-8-6-16(24)7-9-18)22(32)28-13-15-4-5-17(25)12-19(15)26/h4-12,14,33H,13H2,1-3H3,(H,28,32)(H,27,29,30). The monoisotopic (exact) mass is 459 g/mol.